The molecule has 0 amide bonds. The molecule has 3 nitrogen and oxygen atoms in total. The number of thioether (sulfide) groups is 1. The Hall–Kier alpha value is -1.46. The van der Waals surface area contributed by atoms with Crippen molar-refractivity contribution in [3.8, 4) is 0 Å². The molecule has 0 saturated carbocycles. The van der Waals surface area contributed by atoms with E-state index in [1.54, 1.807) is 30.1 Å². The zero-order chi connectivity index (χ0) is 15.8. The standard InChI is InChI=1S/C17H23N3S2/c1-13(15-8-9-22-12-15)10-19-17(18-2)20-11-14-4-6-16(21-3)7-5-14/h4-9,12-13H,10-11H2,1-3H3,(H2,18,19,20). The van der Waals surface area contributed by atoms with E-state index in [-0.39, 0.29) is 0 Å². The first-order valence-corrected chi connectivity index (χ1v) is 9.49. The average molecular weight is 334 g/mol. The summed E-state index contributed by atoms with van der Waals surface area (Å²) in [4.78, 5) is 5.57. The van der Waals surface area contributed by atoms with Crippen molar-refractivity contribution in [2.24, 2.45) is 4.99 Å². The minimum Gasteiger partial charge on any atom is -0.356 e. The Bertz CT molecular complexity index is 576. The molecular weight excluding hydrogens is 310 g/mol. The minimum atomic E-state index is 0.477. The molecule has 0 bridgehead atoms. The highest BCUT2D eigenvalue weighted by Gasteiger charge is 2.06. The number of aliphatic imine (C=N–C) groups is 1. The zero-order valence-electron chi connectivity index (χ0n) is 13.3. The van der Waals surface area contributed by atoms with Gasteiger partial charge in [-0.15, -0.1) is 11.8 Å². The third-order valence-electron chi connectivity index (χ3n) is 3.53. The molecule has 1 unspecified atom stereocenters. The zero-order valence-corrected chi connectivity index (χ0v) is 14.9. The summed E-state index contributed by atoms with van der Waals surface area (Å²) in [6.07, 6.45) is 2.09. The van der Waals surface area contributed by atoms with Gasteiger partial charge in [0.25, 0.3) is 0 Å². The van der Waals surface area contributed by atoms with Crippen molar-refractivity contribution >= 4 is 29.1 Å². The Morgan fingerprint density at radius 2 is 2.00 bits per heavy atom. The molecule has 1 aromatic heterocycles. The smallest absolute Gasteiger partial charge is 0.191 e. The molecule has 0 fully saturated rings. The molecule has 0 aliphatic rings. The van der Waals surface area contributed by atoms with Gasteiger partial charge in [-0.3, -0.25) is 4.99 Å². The van der Waals surface area contributed by atoms with Crippen molar-refractivity contribution in [3.05, 3.63) is 52.2 Å². The highest BCUT2D eigenvalue weighted by Crippen LogP contribution is 2.17. The van der Waals surface area contributed by atoms with Crippen LogP contribution in [0.4, 0.5) is 0 Å². The van der Waals surface area contributed by atoms with E-state index in [4.69, 9.17) is 0 Å². The van der Waals surface area contributed by atoms with Gasteiger partial charge in [0.05, 0.1) is 0 Å². The molecule has 2 rings (SSSR count). The molecule has 0 aliphatic heterocycles. The van der Waals surface area contributed by atoms with E-state index in [2.05, 4.69) is 69.9 Å². The summed E-state index contributed by atoms with van der Waals surface area (Å²) in [5.41, 5.74) is 2.63. The molecule has 1 aromatic carbocycles. The Morgan fingerprint density at radius 1 is 1.23 bits per heavy atom. The Kier molecular flexibility index (Phi) is 6.80. The quantitative estimate of drug-likeness (QED) is 0.477. The van der Waals surface area contributed by atoms with Crippen LogP contribution in [0.25, 0.3) is 0 Å². The van der Waals surface area contributed by atoms with Crippen molar-refractivity contribution in [3.63, 3.8) is 0 Å². The molecule has 0 aliphatic carbocycles. The van der Waals surface area contributed by atoms with Gasteiger partial charge in [0, 0.05) is 25.0 Å². The van der Waals surface area contributed by atoms with Crippen LogP contribution < -0.4 is 10.6 Å². The van der Waals surface area contributed by atoms with E-state index < -0.39 is 0 Å². The Morgan fingerprint density at radius 3 is 2.59 bits per heavy atom. The average Bonchev–Trinajstić information content (AvgIpc) is 3.10. The second kappa shape index (κ2) is 8.86. The van der Waals surface area contributed by atoms with Gasteiger partial charge in [-0.1, -0.05) is 19.1 Å². The summed E-state index contributed by atoms with van der Waals surface area (Å²) in [6.45, 7) is 3.88. The van der Waals surface area contributed by atoms with Gasteiger partial charge in [-0.05, 0) is 52.3 Å². The van der Waals surface area contributed by atoms with Crippen LogP contribution in [0.1, 0.15) is 24.0 Å². The molecule has 2 N–H and O–H groups in total. The van der Waals surface area contributed by atoms with E-state index in [1.165, 1.54) is 16.0 Å². The fraction of sp³-hybridized carbons (Fsp3) is 0.353. The van der Waals surface area contributed by atoms with Crippen molar-refractivity contribution in [1.82, 2.24) is 10.6 Å². The first-order chi connectivity index (χ1) is 10.7. The summed E-state index contributed by atoms with van der Waals surface area (Å²) in [5, 5.41) is 11.1. The highest BCUT2D eigenvalue weighted by atomic mass is 32.2. The SMILES string of the molecule is CN=C(NCc1ccc(SC)cc1)NCC(C)c1ccsc1. The van der Waals surface area contributed by atoms with Gasteiger partial charge >= 0.3 is 0 Å². The van der Waals surface area contributed by atoms with Crippen LogP contribution in [0.2, 0.25) is 0 Å². The maximum atomic E-state index is 4.28. The molecule has 2 aromatic rings. The number of rotatable bonds is 6. The predicted molar refractivity (Wildman–Crippen MR) is 99.2 cm³/mol. The number of benzene rings is 1. The Labute approximate surface area is 141 Å². The summed E-state index contributed by atoms with van der Waals surface area (Å²) in [5.74, 6) is 1.32. The lowest BCUT2D eigenvalue weighted by molar-refractivity contribution is 0.701. The number of hydrogen-bond acceptors (Lipinski definition) is 3. The largest absolute Gasteiger partial charge is 0.356 e. The third kappa shape index (κ3) is 5.07. The summed E-state index contributed by atoms with van der Waals surface area (Å²) in [6, 6.07) is 10.8. The molecule has 5 heteroatoms. The third-order valence-corrected chi connectivity index (χ3v) is 4.98. The first-order valence-electron chi connectivity index (χ1n) is 7.32. The van der Waals surface area contributed by atoms with Crippen LogP contribution in [0.3, 0.4) is 0 Å². The van der Waals surface area contributed by atoms with Crippen molar-refractivity contribution in [1.29, 1.82) is 0 Å². The maximum Gasteiger partial charge on any atom is 0.191 e. The van der Waals surface area contributed by atoms with Crippen LogP contribution in [0.15, 0.2) is 51.0 Å². The van der Waals surface area contributed by atoms with Crippen LogP contribution in [0, 0.1) is 0 Å². The topological polar surface area (TPSA) is 36.4 Å². The van der Waals surface area contributed by atoms with E-state index in [9.17, 15) is 0 Å². The highest BCUT2D eigenvalue weighted by molar-refractivity contribution is 7.98. The van der Waals surface area contributed by atoms with Gasteiger partial charge in [0.15, 0.2) is 5.96 Å². The molecular formula is C17H23N3S2. The van der Waals surface area contributed by atoms with Gasteiger partial charge in [0.1, 0.15) is 0 Å². The Balaban J connectivity index is 1.79. The fourth-order valence-corrected chi connectivity index (χ4v) is 3.26. The van der Waals surface area contributed by atoms with E-state index in [0.29, 0.717) is 5.92 Å². The van der Waals surface area contributed by atoms with Gasteiger partial charge < -0.3 is 10.6 Å². The number of nitrogens with one attached hydrogen (secondary N) is 2. The molecule has 1 atom stereocenters. The van der Waals surface area contributed by atoms with Gasteiger partial charge in [-0.25, -0.2) is 0 Å². The normalized spacial score (nSPS) is 13.0. The van der Waals surface area contributed by atoms with Crippen LogP contribution in [-0.4, -0.2) is 25.8 Å². The van der Waals surface area contributed by atoms with Crippen LogP contribution >= 0.6 is 23.1 Å². The molecule has 0 spiro atoms. The van der Waals surface area contributed by atoms with Crippen molar-refractivity contribution < 1.29 is 0 Å². The molecule has 22 heavy (non-hydrogen) atoms. The summed E-state index contributed by atoms with van der Waals surface area (Å²) < 4.78 is 0. The first kappa shape index (κ1) is 16.9. The fourth-order valence-electron chi connectivity index (χ4n) is 2.07. The molecule has 0 saturated heterocycles. The van der Waals surface area contributed by atoms with Gasteiger partial charge in [-0.2, -0.15) is 11.3 Å². The van der Waals surface area contributed by atoms with Crippen molar-refractivity contribution in [2.45, 2.75) is 24.3 Å². The number of guanidine groups is 1. The lowest BCUT2D eigenvalue weighted by atomic mass is 10.1. The number of thiophene rings is 1. The van der Waals surface area contributed by atoms with E-state index in [1.807, 2.05) is 0 Å². The molecule has 1 heterocycles. The lowest BCUT2D eigenvalue weighted by Crippen LogP contribution is -2.38. The second-order valence-corrected chi connectivity index (χ2v) is 6.77. The van der Waals surface area contributed by atoms with E-state index >= 15 is 0 Å². The molecule has 118 valence electrons. The second-order valence-electron chi connectivity index (χ2n) is 5.11. The summed E-state index contributed by atoms with van der Waals surface area (Å²) >= 11 is 3.50. The van der Waals surface area contributed by atoms with E-state index in [0.717, 1.165) is 19.0 Å². The van der Waals surface area contributed by atoms with Gasteiger partial charge in [0.2, 0.25) is 0 Å². The maximum absolute atomic E-state index is 4.28. The number of hydrogen-bond donors (Lipinski definition) is 2. The van der Waals surface area contributed by atoms with Crippen LogP contribution in [0.5, 0.6) is 0 Å². The number of nitrogens with zero attached hydrogens (tertiary/aromatic N) is 1. The molecule has 0 radical (unpaired) electrons. The minimum absolute atomic E-state index is 0.477. The van der Waals surface area contributed by atoms with Crippen LogP contribution in [-0.2, 0) is 6.54 Å². The predicted octanol–water partition coefficient (Wildman–Crippen LogP) is 3.94. The summed E-state index contributed by atoms with van der Waals surface area (Å²) in [7, 11) is 1.81. The monoisotopic (exact) mass is 333 g/mol. The van der Waals surface area contributed by atoms with Crippen molar-refractivity contribution in [2.75, 3.05) is 19.8 Å². The lowest BCUT2D eigenvalue weighted by Gasteiger charge is -2.15.